The molecule has 0 unspecified atom stereocenters. The molecule has 0 saturated carbocycles. The van der Waals surface area contributed by atoms with Crippen molar-refractivity contribution in [2.75, 3.05) is 6.54 Å². The maximum absolute atomic E-state index is 15.5. The molecule has 0 fully saturated rings. The van der Waals surface area contributed by atoms with Gasteiger partial charge in [0.05, 0.1) is 11.2 Å². The Morgan fingerprint density at radius 2 is 1.89 bits per heavy atom. The molecule has 4 nitrogen and oxygen atoms in total. The first kappa shape index (κ1) is 17.1. The predicted octanol–water partition coefficient (Wildman–Crippen LogP) is 4.33. The fraction of sp³-hybridized carbons (Fsp3) is 0.217. The summed E-state index contributed by atoms with van der Waals surface area (Å²) in [5.41, 5.74) is 5.52. The molecule has 4 aromatic rings. The number of aryl methyl sites for hydroxylation is 1. The van der Waals surface area contributed by atoms with Crippen molar-refractivity contribution in [1.29, 1.82) is 0 Å². The number of nitrogens with zero attached hydrogens (tertiary/aromatic N) is 4. The second-order valence-electron chi connectivity index (χ2n) is 7.39. The first-order valence-corrected chi connectivity index (χ1v) is 9.54. The number of hydrogen-bond donors (Lipinski definition) is 0. The highest BCUT2D eigenvalue weighted by Gasteiger charge is 2.20. The molecule has 0 amide bonds. The molecule has 3 heterocycles. The van der Waals surface area contributed by atoms with Crippen LogP contribution in [0.25, 0.3) is 22.0 Å². The lowest BCUT2D eigenvalue weighted by Gasteiger charge is -2.28. The van der Waals surface area contributed by atoms with Crippen LogP contribution in [0.1, 0.15) is 16.8 Å². The van der Waals surface area contributed by atoms with Gasteiger partial charge in [0, 0.05) is 55.6 Å². The van der Waals surface area contributed by atoms with E-state index in [1.54, 1.807) is 4.68 Å². The standard InChI is InChI=1S/C23H21FN4/c1-27-14-20-18(7-3-9-21(20)26-27)19-8-2-5-17(23(19)24)13-28-12-10-16-6-4-11-25-22(16)15-28/h2-9,11,14H,10,12-13,15H2,1H3. The summed E-state index contributed by atoms with van der Waals surface area (Å²) in [6.07, 6.45) is 4.74. The van der Waals surface area contributed by atoms with Gasteiger partial charge in [-0.1, -0.05) is 36.4 Å². The van der Waals surface area contributed by atoms with Gasteiger partial charge in [-0.3, -0.25) is 14.6 Å². The van der Waals surface area contributed by atoms with Crippen LogP contribution in [-0.4, -0.2) is 26.2 Å². The van der Waals surface area contributed by atoms with E-state index in [-0.39, 0.29) is 5.82 Å². The Labute approximate surface area is 163 Å². The van der Waals surface area contributed by atoms with Crippen LogP contribution in [0, 0.1) is 5.82 Å². The highest BCUT2D eigenvalue weighted by molar-refractivity contribution is 5.94. The van der Waals surface area contributed by atoms with Gasteiger partial charge in [-0.05, 0) is 29.7 Å². The monoisotopic (exact) mass is 372 g/mol. The molecular formula is C23H21FN4. The fourth-order valence-electron chi connectivity index (χ4n) is 4.09. The van der Waals surface area contributed by atoms with Crippen LogP contribution >= 0.6 is 0 Å². The number of pyridine rings is 1. The summed E-state index contributed by atoms with van der Waals surface area (Å²) in [4.78, 5) is 6.76. The third-order valence-electron chi connectivity index (χ3n) is 5.48. The van der Waals surface area contributed by atoms with Gasteiger partial charge < -0.3 is 0 Å². The largest absolute Gasteiger partial charge is 0.293 e. The summed E-state index contributed by atoms with van der Waals surface area (Å²) < 4.78 is 17.2. The zero-order valence-corrected chi connectivity index (χ0v) is 15.8. The minimum Gasteiger partial charge on any atom is -0.293 e. The molecular weight excluding hydrogens is 351 g/mol. The predicted molar refractivity (Wildman–Crippen MR) is 108 cm³/mol. The first-order valence-electron chi connectivity index (χ1n) is 9.54. The minimum absolute atomic E-state index is 0.148. The van der Waals surface area contributed by atoms with E-state index < -0.39 is 0 Å². The van der Waals surface area contributed by atoms with Gasteiger partial charge in [0.2, 0.25) is 0 Å². The molecule has 0 atom stereocenters. The number of benzene rings is 2. The molecule has 0 saturated heterocycles. The van der Waals surface area contributed by atoms with Crippen LogP contribution in [0.15, 0.2) is 60.9 Å². The van der Waals surface area contributed by atoms with Gasteiger partial charge in [0.15, 0.2) is 0 Å². The van der Waals surface area contributed by atoms with Crippen LogP contribution in [0.3, 0.4) is 0 Å². The molecule has 5 heteroatoms. The van der Waals surface area contributed by atoms with Crippen molar-refractivity contribution in [2.45, 2.75) is 19.5 Å². The van der Waals surface area contributed by atoms with Gasteiger partial charge in [0.1, 0.15) is 5.82 Å². The topological polar surface area (TPSA) is 34.0 Å². The Bertz CT molecular complexity index is 1160. The maximum Gasteiger partial charge on any atom is 0.135 e. The lowest BCUT2D eigenvalue weighted by molar-refractivity contribution is 0.238. The number of rotatable bonds is 3. The van der Waals surface area contributed by atoms with E-state index in [1.165, 1.54) is 5.56 Å². The van der Waals surface area contributed by atoms with E-state index in [1.807, 2.05) is 61.9 Å². The summed E-state index contributed by atoms with van der Waals surface area (Å²) in [6, 6.07) is 15.7. The van der Waals surface area contributed by atoms with E-state index in [9.17, 15) is 0 Å². The number of hydrogen-bond acceptors (Lipinski definition) is 3. The third-order valence-corrected chi connectivity index (χ3v) is 5.48. The van der Waals surface area contributed by atoms with Crippen LogP contribution in [-0.2, 0) is 26.6 Å². The number of fused-ring (bicyclic) bond motifs is 2. The zero-order valence-electron chi connectivity index (χ0n) is 15.8. The molecule has 0 spiro atoms. The summed E-state index contributed by atoms with van der Waals surface area (Å²) in [5.74, 6) is -0.148. The highest BCUT2D eigenvalue weighted by Crippen LogP contribution is 2.32. The first-order chi connectivity index (χ1) is 13.7. The van der Waals surface area contributed by atoms with Crippen LogP contribution in [0.2, 0.25) is 0 Å². The van der Waals surface area contributed by atoms with E-state index in [4.69, 9.17) is 0 Å². The molecule has 1 aliphatic heterocycles. The minimum atomic E-state index is -0.148. The molecule has 1 aliphatic rings. The van der Waals surface area contributed by atoms with Crippen molar-refractivity contribution in [2.24, 2.45) is 7.05 Å². The van der Waals surface area contributed by atoms with Gasteiger partial charge in [-0.25, -0.2) is 4.39 Å². The van der Waals surface area contributed by atoms with E-state index in [0.29, 0.717) is 12.1 Å². The molecule has 0 aliphatic carbocycles. The van der Waals surface area contributed by atoms with Crippen molar-refractivity contribution in [3.8, 4) is 11.1 Å². The lowest BCUT2D eigenvalue weighted by Crippen LogP contribution is -2.31. The van der Waals surface area contributed by atoms with Crippen molar-refractivity contribution >= 4 is 10.9 Å². The van der Waals surface area contributed by atoms with Gasteiger partial charge in [-0.15, -0.1) is 0 Å². The molecule has 5 rings (SSSR count). The molecule has 2 aromatic heterocycles. The Morgan fingerprint density at radius 3 is 2.82 bits per heavy atom. The number of halogens is 1. The Morgan fingerprint density at radius 1 is 1.04 bits per heavy atom. The SMILES string of the molecule is Cn1cc2c(-c3cccc(CN4CCc5cccnc5C4)c3F)cccc2n1. The Balaban J connectivity index is 1.48. The van der Waals surface area contributed by atoms with Crippen LogP contribution in [0.5, 0.6) is 0 Å². The van der Waals surface area contributed by atoms with Gasteiger partial charge >= 0.3 is 0 Å². The second kappa shape index (κ2) is 6.84. The molecule has 28 heavy (non-hydrogen) atoms. The van der Waals surface area contributed by atoms with Crippen LogP contribution < -0.4 is 0 Å². The zero-order chi connectivity index (χ0) is 19.1. The van der Waals surface area contributed by atoms with Crippen molar-refractivity contribution < 1.29 is 4.39 Å². The number of aromatic nitrogens is 3. The lowest BCUT2D eigenvalue weighted by atomic mass is 9.98. The van der Waals surface area contributed by atoms with Crippen molar-refractivity contribution in [3.05, 3.63) is 83.6 Å². The van der Waals surface area contributed by atoms with Gasteiger partial charge in [-0.2, -0.15) is 5.10 Å². The molecule has 0 N–H and O–H groups in total. The van der Waals surface area contributed by atoms with Gasteiger partial charge in [0.25, 0.3) is 0 Å². The normalized spacial score (nSPS) is 14.4. The van der Waals surface area contributed by atoms with Crippen molar-refractivity contribution in [3.63, 3.8) is 0 Å². The maximum atomic E-state index is 15.5. The third kappa shape index (κ3) is 2.98. The summed E-state index contributed by atoms with van der Waals surface area (Å²) >= 11 is 0. The van der Waals surface area contributed by atoms with Crippen LogP contribution in [0.4, 0.5) is 4.39 Å². The molecule has 0 bridgehead atoms. The molecule has 140 valence electrons. The smallest absolute Gasteiger partial charge is 0.135 e. The quantitative estimate of drug-likeness (QED) is 0.537. The van der Waals surface area contributed by atoms with E-state index >= 15 is 4.39 Å². The van der Waals surface area contributed by atoms with E-state index in [2.05, 4.69) is 21.0 Å². The summed E-state index contributed by atoms with van der Waals surface area (Å²) in [5, 5.41) is 5.41. The molecule has 2 aromatic carbocycles. The second-order valence-corrected chi connectivity index (χ2v) is 7.39. The average molecular weight is 372 g/mol. The van der Waals surface area contributed by atoms with E-state index in [0.717, 1.165) is 47.2 Å². The van der Waals surface area contributed by atoms with Crippen molar-refractivity contribution in [1.82, 2.24) is 19.7 Å². The summed E-state index contributed by atoms with van der Waals surface area (Å²) in [7, 11) is 1.89. The average Bonchev–Trinajstić information content (AvgIpc) is 3.10. The molecule has 0 radical (unpaired) electrons. The fourth-order valence-corrected chi connectivity index (χ4v) is 4.09. The summed E-state index contributed by atoms with van der Waals surface area (Å²) in [6.45, 7) is 2.26. The Hall–Kier alpha value is -3.05. The highest BCUT2D eigenvalue weighted by atomic mass is 19.1. The Kier molecular flexibility index (Phi) is 4.17.